The number of rotatable bonds is 11. The van der Waals surface area contributed by atoms with Crippen LogP contribution in [0.15, 0.2) is 77.8 Å². The van der Waals surface area contributed by atoms with E-state index in [-0.39, 0.29) is 47.8 Å². The topological polar surface area (TPSA) is 114 Å². The largest absolute Gasteiger partial charge is 0.508 e. The first-order valence-electron chi connectivity index (χ1n) is 13.7. The molecule has 212 valence electrons. The number of aryl methyl sites for hydroxylation is 1. The molecular formula is C32H32N2O6S. The SMILES string of the molecule is CCN(Cc1cccc2c(C(=O)C3CC3)cn(S(=O)(=O)c3ccc(C)cc3)c12)C(=O)C(C=O)Cc1ccc(O)cc1. The lowest BCUT2D eigenvalue weighted by Gasteiger charge is -2.25. The van der Waals surface area contributed by atoms with Crippen molar-refractivity contribution in [2.24, 2.45) is 11.8 Å². The quantitative estimate of drug-likeness (QED) is 0.156. The zero-order valence-electron chi connectivity index (χ0n) is 23.0. The molecule has 0 spiro atoms. The van der Waals surface area contributed by atoms with Gasteiger partial charge in [0.05, 0.1) is 16.3 Å². The lowest BCUT2D eigenvalue weighted by molar-refractivity contribution is -0.138. The van der Waals surface area contributed by atoms with Crippen molar-refractivity contribution in [1.29, 1.82) is 0 Å². The minimum absolute atomic E-state index is 0.0527. The molecule has 1 fully saturated rings. The summed E-state index contributed by atoms with van der Waals surface area (Å²) < 4.78 is 29.0. The fraction of sp³-hybridized carbons (Fsp3) is 0.281. The van der Waals surface area contributed by atoms with E-state index < -0.39 is 15.9 Å². The highest BCUT2D eigenvalue weighted by Crippen LogP contribution is 2.37. The highest BCUT2D eigenvalue weighted by atomic mass is 32.2. The smallest absolute Gasteiger partial charge is 0.268 e. The van der Waals surface area contributed by atoms with Gasteiger partial charge in [0.1, 0.15) is 12.0 Å². The number of carbonyl (C=O) groups is 3. The second-order valence-electron chi connectivity index (χ2n) is 10.6. The monoisotopic (exact) mass is 572 g/mol. The van der Waals surface area contributed by atoms with Crippen molar-refractivity contribution in [3.63, 3.8) is 0 Å². The van der Waals surface area contributed by atoms with Gasteiger partial charge in [-0.2, -0.15) is 0 Å². The summed E-state index contributed by atoms with van der Waals surface area (Å²) in [5, 5.41) is 10.1. The molecule has 1 atom stereocenters. The minimum Gasteiger partial charge on any atom is -0.508 e. The first-order valence-corrected chi connectivity index (χ1v) is 15.1. The minimum atomic E-state index is -4.07. The Bertz CT molecular complexity index is 1720. The number of benzene rings is 3. The van der Waals surface area contributed by atoms with Crippen molar-refractivity contribution in [2.75, 3.05) is 6.54 Å². The number of ketones is 1. The van der Waals surface area contributed by atoms with Crippen molar-refractivity contribution in [1.82, 2.24) is 8.87 Å². The maximum Gasteiger partial charge on any atom is 0.268 e. The molecule has 0 saturated heterocycles. The highest BCUT2D eigenvalue weighted by Gasteiger charge is 2.34. The highest BCUT2D eigenvalue weighted by molar-refractivity contribution is 7.90. The Hall–Kier alpha value is -4.24. The van der Waals surface area contributed by atoms with E-state index in [4.69, 9.17) is 0 Å². The fourth-order valence-electron chi connectivity index (χ4n) is 5.09. The van der Waals surface area contributed by atoms with E-state index in [9.17, 15) is 27.9 Å². The molecule has 1 amide bonds. The summed E-state index contributed by atoms with van der Waals surface area (Å²) in [6, 6.07) is 18.1. The molecule has 1 saturated carbocycles. The summed E-state index contributed by atoms with van der Waals surface area (Å²) in [4.78, 5) is 40.4. The number of aromatic hydroxyl groups is 1. The molecule has 1 aliphatic rings. The average molecular weight is 573 g/mol. The Morgan fingerprint density at radius 2 is 1.73 bits per heavy atom. The predicted molar refractivity (Wildman–Crippen MR) is 155 cm³/mol. The number of amides is 1. The number of nitrogens with zero attached hydrogens (tertiary/aromatic N) is 2. The van der Waals surface area contributed by atoms with Crippen LogP contribution >= 0.6 is 0 Å². The van der Waals surface area contributed by atoms with Gasteiger partial charge in [-0.3, -0.25) is 9.59 Å². The number of phenolic OH excluding ortho intramolecular Hbond substituents is 1. The van der Waals surface area contributed by atoms with Crippen LogP contribution in [0.2, 0.25) is 0 Å². The van der Waals surface area contributed by atoms with Crippen LogP contribution in [0.4, 0.5) is 0 Å². The molecule has 9 heteroatoms. The Morgan fingerprint density at radius 3 is 2.34 bits per heavy atom. The zero-order chi connectivity index (χ0) is 29.3. The number of hydrogen-bond acceptors (Lipinski definition) is 6. The molecule has 1 aromatic heterocycles. The zero-order valence-corrected chi connectivity index (χ0v) is 23.8. The molecule has 4 aromatic rings. The molecule has 1 N–H and O–H groups in total. The third kappa shape index (κ3) is 5.67. The fourth-order valence-corrected chi connectivity index (χ4v) is 6.50. The van der Waals surface area contributed by atoms with Gasteiger partial charge < -0.3 is 14.8 Å². The summed E-state index contributed by atoms with van der Waals surface area (Å²) in [6.07, 6.45) is 3.77. The molecule has 0 bridgehead atoms. The summed E-state index contributed by atoms with van der Waals surface area (Å²) >= 11 is 0. The van der Waals surface area contributed by atoms with Gasteiger partial charge in [0, 0.05) is 36.2 Å². The van der Waals surface area contributed by atoms with E-state index in [1.165, 1.54) is 27.2 Å². The summed E-state index contributed by atoms with van der Waals surface area (Å²) in [5.41, 5.74) is 2.91. The number of para-hydroxylation sites is 1. The molecule has 1 heterocycles. The lowest BCUT2D eigenvalue weighted by Crippen LogP contribution is -2.37. The third-order valence-corrected chi connectivity index (χ3v) is 9.27. The van der Waals surface area contributed by atoms with E-state index in [0.29, 0.717) is 28.3 Å². The van der Waals surface area contributed by atoms with Gasteiger partial charge in [-0.05, 0) is 68.5 Å². The van der Waals surface area contributed by atoms with Crippen LogP contribution in [0.3, 0.4) is 0 Å². The molecule has 0 aliphatic heterocycles. The summed E-state index contributed by atoms with van der Waals surface area (Å²) in [7, 11) is -4.07. The van der Waals surface area contributed by atoms with Gasteiger partial charge in [-0.1, -0.05) is 48.0 Å². The lowest BCUT2D eigenvalue weighted by atomic mass is 9.98. The number of phenols is 1. The predicted octanol–water partition coefficient (Wildman–Crippen LogP) is 4.89. The van der Waals surface area contributed by atoms with Gasteiger partial charge in [0.25, 0.3) is 10.0 Å². The Labute approximate surface area is 239 Å². The molecule has 3 aromatic carbocycles. The van der Waals surface area contributed by atoms with Crippen LogP contribution < -0.4 is 0 Å². The first kappa shape index (κ1) is 28.3. The van der Waals surface area contributed by atoms with Gasteiger partial charge in [-0.25, -0.2) is 12.4 Å². The molecule has 8 nitrogen and oxygen atoms in total. The van der Waals surface area contributed by atoms with Gasteiger partial charge in [-0.15, -0.1) is 0 Å². The standard InChI is InChI=1S/C32H32N2O6S/c1-3-33(32(38)25(20-35)17-22-9-13-26(36)14-10-22)18-24-5-4-6-28-29(31(37)23-11-12-23)19-34(30(24)28)41(39,40)27-15-7-21(2)8-16-27/h4-10,13-16,19-20,23,25,36H,3,11-12,17-18H2,1-2H3. The normalized spacial score (nSPS) is 14.1. The van der Waals surface area contributed by atoms with Crippen LogP contribution in [0.25, 0.3) is 10.9 Å². The second kappa shape index (κ2) is 11.3. The molecule has 41 heavy (non-hydrogen) atoms. The number of Topliss-reactive ketones (excluding diaryl/α,β-unsaturated/α-hetero) is 1. The van der Waals surface area contributed by atoms with Gasteiger partial charge >= 0.3 is 0 Å². The van der Waals surface area contributed by atoms with Crippen molar-refractivity contribution in [3.8, 4) is 5.75 Å². The van der Waals surface area contributed by atoms with Crippen molar-refractivity contribution >= 4 is 38.9 Å². The Balaban J connectivity index is 1.56. The van der Waals surface area contributed by atoms with E-state index in [0.717, 1.165) is 24.0 Å². The maximum atomic E-state index is 13.9. The van der Waals surface area contributed by atoms with E-state index in [2.05, 4.69) is 0 Å². The van der Waals surface area contributed by atoms with Gasteiger partial charge in [0.2, 0.25) is 5.91 Å². The Morgan fingerprint density at radius 1 is 1.05 bits per heavy atom. The van der Waals surface area contributed by atoms with Crippen molar-refractivity contribution < 1.29 is 27.9 Å². The first-order chi connectivity index (χ1) is 19.6. The van der Waals surface area contributed by atoms with Crippen molar-refractivity contribution in [3.05, 3.63) is 95.2 Å². The molecular weight excluding hydrogens is 540 g/mol. The molecule has 1 unspecified atom stereocenters. The molecule has 5 rings (SSSR count). The number of hydrogen-bond donors (Lipinski definition) is 1. The second-order valence-corrected chi connectivity index (χ2v) is 12.4. The Kier molecular flexibility index (Phi) is 7.82. The van der Waals surface area contributed by atoms with E-state index >= 15 is 0 Å². The van der Waals surface area contributed by atoms with E-state index in [1.807, 2.05) is 6.92 Å². The third-order valence-electron chi connectivity index (χ3n) is 7.60. The molecule has 1 aliphatic carbocycles. The van der Waals surface area contributed by atoms with Crippen LogP contribution in [0, 0.1) is 18.8 Å². The summed E-state index contributed by atoms with van der Waals surface area (Å²) in [5.74, 6) is -1.44. The van der Waals surface area contributed by atoms with Gasteiger partial charge in [0.15, 0.2) is 5.78 Å². The average Bonchev–Trinajstić information content (AvgIpc) is 3.74. The van der Waals surface area contributed by atoms with Crippen molar-refractivity contribution in [2.45, 2.75) is 44.6 Å². The summed E-state index contributed by atoms with van der Waals surface area (Å²) in [6.45, 7) is 4.01. The van der Waals surface area contributed by atoms with Crippen LogP contribution in [0.1, 0.15) is 46.8 Å². The molecule has 0 radical (unpaired) electrons. The van der Waals surface area contributed by atoms with Crippen LogP contribution in [-0.2, 0) is 32.6 Å². The number of aromatic nitrogens is 1. The van der Waals surface area contributed by atoms with E-state index in [1.54, 1.807) is 61.5 Å². The van der Waals surface area contributed by atoms with Crippen LogP contribution in [0.5, 0.6) is 5.75 Å². The number of fused-ring (bicyclic) bond motifs is 1. The maximum absolute atomic E-state index is 13.9. The van der Waals surface area contributed by atoms with Crippen LogP contribution in [-0.4, -0.2) is 46.9 Å². The number of carbonyl (C=O) groups excluding carboxylic acids is 3. The number of aldehydes is 1.